The van der Waals surface area contributed by atoms with Crippen LogP contribution in [0.3, 0.4) is 0 Å². The third-order valence-electron chi connectivity index (χ3n) is 2.29. The molecule has 1 fully saturated rings. The molecule has 1 nitrogen and oxygen atoms in total. The second-order valence-electron chi connectivity index (χ2n) is 4.84. The highest BCUT2D eigenvalue weighted by molar-refractivity contribution is 9.09. The van der Waals surface area contributed by atoms with Gasteiger partial charge in [-0.15, -0.1) is 0 Å². The average molecular weight is 221 g/mol. The molecule has 0 aromatic rings. The fraction of sp³-hybridized carbons (Fsp3) is 1.00. The van der Waals surface area contributed by atoms with E-state index in [-0.39, 0.29) is 5.41 Å². The third kappa shape index (κ3) is 2.75. The number of hydrogen-bond donors (Lipinski definition) is 1. The number of alkyl halides is 1. The number of aliphatic hydroxyl groups is 1. The van der Waals surface area contributed by atoms with Crippen molar-refractivity contribution < 1.29 is 5.11 Å². The van der Waals surface area contributed by atoms with E-state index < -0.39 is 5.60 Å². The van der Waals surface area contributed by atoms with E-state index in [1.165, 1.54) is 6.42 Å². The number of hydrogen-bond acceptors (Lipinski definition) is 1. The van der Waals surface area contributed by atoms with Crippen LogP contribution in [0.15, 0.2) is 0 Å². The lowest BCUT2D eigenvalue weighted by Gasteiger charge is -2.41. The summed E-state index contributed by atoms with van der Waals surface area (Å²) in [4.78, 5) is 0.487. The summed E-state index contributed by atoms with van der Waals surface area (Å²) in [5, 5.41) is 9.85. The smallest absolute Gasteiger partial charge is 0.0635 e. The summed E-state index contributed by atoms with van der Waals surface area (Å²) in [5.74, 6) is 0. The molecule has 0 aliphatic heterocycles. The zero-order chi connectivity index (χ0) is 8.70. The molecule has 2 atom stereocenters. The molecule has 0 heterocycles. The van der Waals surface area contributed by atoms with Crippen molar-refractivity contribution in [1.29, 1.82) is 0 Å². The molecular weight excluding hydrogens is 204 g/mol. The minimum atomic E-state index is -0.462. The topological polar surface area (TPSA) is 20.2 Å². The SMILES string of the molecule is CC1(C)C[C@H](Br)C[C@@](C)(O)C1. The summed E-state index contributed by atoms with van der Waals surface area (Å²) >= 11 is 3.58. The Morgan fingerprint density at radius 1 is 1.27 bits per heavy atom. The van der Waals surface area contributed by atoms with Crippen LogP contribution >= 0.6 is 15.9 Å². The summed E-state index contributed by atoms with van der Waals surface area (Å²) < 4.78 is 0. The fourth-order valence-electron chi connectivity index (χ4n) is 2.32. The highest BCUT2D eigenvalue weighted by Gasteiger charge is 2.38. The van der Waals surface area contributed by atoms with Gasteiger partial charge in [0.05, 0.1) is 5.60 Å². The molecule has 0 spiro atoms. The van der Waals surface area contributed by atoms with Crippen LogP contribution in [-0.2, 0) is 0 Å². The van der Waals surface area contributed by atoms with Gasteiger partial charge >= 0.3 is 0 Å². The molecular formula is C9H17BrO. The van der Waals surface area contributed by atoms with Gasteiger partial charge in [0.25, 0.3) is 0 Å². The molecule has 0 bridgehead atoms. The van der Waals surface area contributed by atoms with Crippen LogP contribution in [-0.4, -0.2) is 15.5 Å². The van der Waals surface area contributed by atoms with Crippen molar-refractivity contribution >= 4 is 15.9 Å². The predicted molar refractivity (Wildman–Crippen MR) is 51.0 cm³/mol. The minimum absolute atomic E-state index is 0.288. The first kappa shape index (κ1) is 9.53. The Morgan fingerprint density at radius 3 is 2.18 bits per heavy atom. The van der Waals surface area contributed by atoms with Gasteiger partial charge < -0.3 is 5.11 Å². The maximum atomic E-state index is 9.85. The molecule has 1 rings (SSSR count). The van der Waals surface area contributed by atoms with Crippen molar-refractivity contribution in [2.45, 2.75) is 50.5 Å². The van der Waals surface area contributed by atoms with Gasteiger partial charge in [0.1, 0.15) is 0 Å². The molecule has 1 N–H and O–H groups in total. The Labute approximate surface area is 77.3 Å². The maximum Gasteiger partial charge on any atom is 0.0635 e. The third-order valence-corrected chi connectivity index (χ3v) is 2.94. The first-order valence-corrected chi connectivity index (χ1v) is 5.09. The molecule has 0 aromatic heterocycles. The lowest BCUT2D eigenvalue weighted by molar-refractivity contribution is -0.0194. The lowest BCUT2D eigenvalue weighted by Crippen LogP contribution is -2.40. The quantitative estimate of drug-likeness (QED) is 0.623. The van der Waals surface area contributed by atoms with Gasteiger partial charge in [-0.05, 0) is 31.6 Å². The van der Waals surface area contributed by atoms with Crippen molar-refractivity contribution in [2.24, 2.45) is 5.41 Å². The Bertz CT molecular complexity index is 136. The molecule has 0 radical (unpaired) electrons. The van der Waals surface area contributed by atoms with E-state index >= 15 is 0 Å². The molecule has 66 valence electrons. The first-order valence-electron chi connectivity index (χ1n) is 4.17. The molecule has 0 saturated heterocycles. The Balaban J connectivity index is 2.66. The highest BCUT2D eigenvalue weighted by Crippen LogP contribution is 2.43. The number of rotatable bonds is 0. The van der Waals surface area contributed by atoms with Gasteiger partial charge in [0.15, 0.2) is 0 Å². The van der Waals surface area contributed by atoms with Gasteiger partial charge in [-0.3, -0.25) is 0 Å². The zero-order valence-corrected chi connectivity index (χ0v) is 9.11. The van der Waals surface area contributed by atoms with E-state index in [1.807, 2.05) is 6.92 Å². The maximum absolute atomic E-state index is 9.85. The van der Waals surface area contributed by atoms with Crippen molar-refractivity contribution in [1.82, 2.24) is 0 Å². The first-order chi connectivity index (χ1) is 4.81. The van der Waals surface area contributed by atoms with Gasteiger partial charge in [-0.1, -0.05) is 29.8 Å². The second kappa shape index (κ2) is 2.74. The van der Waals surface area contributed by atoms with Crippen LogP contribution in [0.25, 0.3) is 0 Å². The van der Waals surface area contributed by atoms with Gasteiger partial charge in [-0.2, -0.15) is 0 Å². The van der Waals surface area contributed by atoms with E-state index in [2.05, 4.69) is 29.8 Å². The van der Waals surface area contributed by atoms with E-state index in [0.717, 1.165) is 12.8 Å². The van der Waals surface area contributed by atoms with Gasteiger partial charge in [0.2, 0.25) is 0 Å². The summed E-state index contributed by atoms with van der Waals surface area (Å²) in [6, 6.07) is 0. The van der Waals surface area contributed by atoms with Crippen molar-refractivity contribution in [3.05, 3.63) is 0 Å². The van der Waals surface area contributed by atoms with E-state index in [0.29, 0.717) is 4.83 Å². The lowest BCUT2D eigenvalue weighted by atomic mass is 9.70. The molecule has 0 aromatic carbocycles. The molecule has 1 aliphatic rings. The summed E-state index contributed by atoms with van der Waals surface area (Å²) in [6.07, 6.45) is 2.97. The number of halogens is 1. The highest BCUT2D eigenvalue weighted by atomic mass is 79.9. The Kier molecular flexibility index (Phi) is 2.37. The van der Waals surface area contributed by atoms with Crippen molar-refractivity contribution in [3.8, 4) is 0 Å². The fourth-order valence-corrected chi connectivity index (χ4v) is 3.90. The van der Waals surface area contributed by atoms with Gasteiger partial charge in [-0.25, -0.2) is 0 Å². The Hall–Kier alpha value is 0.440. The molecule has 1 aliphatic carbocycles. The predicted octanol–water partition coefficient (Wildman–Crippen LogP) is 2.71. The monoisotopic (exact) mass is 220 g/mol. The molecule has 2 heteroatoms. The standard InChI is InChI=1S/C9H17BrO/c1-8(2)4-7(10)5-9(3,11)6-8/h7,11H,4-6H2,1-3H3/t7-,9+/m0/s1. The van der Waals surface area contributed by atoms with E-state index in [9.17, 15) is 5.11 Å². The Morgan fingerprint density at radius 2 is 1.82 bits per heavy atom. The summed E-state index contributed by atoms with van der Waals surface area (Å²) in [5.41, 5.74) is -0.175. The molecule has 0 unspecified atom stereocenters. The van der Waals surface area contributed by atoms with Crippen molar-refractivity contribution in [2.75, 3.05) is 0 Å². The van der Waals surface area contributed by atoms with Crippen LogP contribution in [0.1, 0.15) is 40.0 Å². The average Bonchev–Trinajstić information content (AvgIpc) is 1.49. The van der Waals surface area contributed by atoms with E-state index in [4.69, 9.17) is 0 Å². The van der Waals surface area contributed by atoms with Crippen LogP contribution in [0, 0.1) is 5.41 Å². The van der Waals surface area contributed by atoms with Gasteiger partial charge in [0, 0.05) is 4.83 Å². The largest absolute Gasteiger partial charge is 0.390 e. The molecule has 0 amide bonds. The van der Waals surface area contributed by atoms with Crippen LogP contribution in [0.4, 0.5) is 0 Å². The van der Waals surface area contributed by atoms with Crippen LogP contribution < -0.4 is 0 Å². The van der Waals surface area contributed by atoms with Crippen LogP contribution in [0.5, 0.6) is 0 Å². The molecule has 1 saturated carbocycles. The molecule has 11 heavy (non-hydrogen) atoms. The summed E-state index contributed by atoms with van der Waals surface area (Å²) in [6.45, 7) is 6.37. The zero-order valence-electron chi connectivity index (χ0n) is 7.52. The van der Waals surface area contributed by atoms with E-state index in [1.54, 1.807) is 0 Å². The minimum Gasteiger partial charge on any atom is -0.390 e. The normalized spacial score (nSPS) is 43.9. The van der Waals surface area contributed by atoms with Crippen molar-refractivity contribution in [3.63, 3.8) is 0 Å². The summed E-state index contributed by atoms with van der Waals surface area (Å²) in [7, 11) is 0. The van der Waals surface area contributed by atoms with Crippen LogP contribution in [0.2, 0.25) is 0 Å². The second-order valence-corrected chi connectivity index (χ2v) is 6.14.